The van der Waals surface area contributed by atoms with Crippen molar-refractivity contribution < 1.29 is 0 Å². The summed E-state index contributed by atoms with van der Waals surface area (Å²) < 4.78 is 4.11. The average molecular weight is 366 g/mol. The number of anilines is 1. The summed E-state index contributed by atoms with van der Waals surface area (Å²) in [5.74, 6) is 2.33. The predicted octanol–water partition coefficient (Wildman–Crippen LogP) is 1.71. The maximum absolute atomic E-state index is 4.75. The van der Waals surface area contributed by atoms with Gasteiger partial charge in [-0.3, -0.25) is 9.58 Å². The van der Waals surface area contributed by atoms with Crippen LogP contribution >= 0.6 is 0 Å². The van der Waals surface area contributed by atoms with Gasteiger partial charge < -0.3 is 4.90 Å². The van der Waals surface area contributed by atoms with Crippen LogP contribution in [-0.4, -0.2) is 61.7 Å². The van der Waals surface area contributed by atoms with Gasteiger partial charge in [0.25, 0.3) is 0 Å². The van der Waals surface area contributed by atoms with Crippen molar-refractivity contribution in [3.8, 4) is 0 Å². The highest BCUT2D eigenvalue weighted by Crippen LogP contribution is 2.28. The minimum Gasteiger partial charge on any atom is -0.361 e. The summed E-state index contributed by atoms with van der Waals surface area (Å²) in [5.41, 5.74) is 3.44. The summed E-state index contributed by atoms with van der Waals surface area (Å²) >= 11 is 0. The van der Waals surface area contributed by atoms with E-state index >= 15 is 0 Å². The van der Waals surface area contributed by atoms with Crippen LogP contribution < -0.4 is 4.90 Å². The Morgan fingerprint density at radius 2 is 1.93 bits per heavy atom. The second kappa shape index (κ2) is 6.60. The molecule has 0 unspecified atom stereocenters. The number of nitrogens with zero attached hydrogens (tertiary/aromatic N) is 8. The Hall–Kier alpha value is -2.48. The predicted molar refractivity (Wildman–Crippen MR) is 103 cm³/mol. The van der Waals surface area contributed by atoms with E-state index in [0.717, 1.165) is 56.3 Å². The Balaban J connectivity index is 1.27. The molecule has 3 aromatic rings. The first-order valence-electron chi connectivity index (χ1n) is 9.85. The van der Waals surface area contributed by atoms with Crippen molar-refractivity contribution in [3.05, 3.63) is 35.4 Å². The van der Waals surface area contributed by atoms with E-state index in [2.05, 4.69) is 25.8 Å². The Labute approximate surface area is 158 Å². The number of hydrogen-bond donors (Lipinski definition) is 0. The van der Waals surface area contributed by atoms with Crippen molar-refractivity contribution in [1.29, 1.82) is 0 Å². The van der Waals surface area contributed by atoms with Gasteiger partial charge in [0, 0.05) is 38.8 Å². The zero-order valence-corrected chi connectivity index (χ0v) is 16.0. The lowest BCUT2D eigenvalue weighted by Gasteiger charge is -2.30. The minimum absolute atomic E-state index is 0.410. The van der Waals surface area contributed by atoms with Gasteiger partial charge >= 0.3 is 0 Å². The molecule has 2 aliphatic heterocycles. The SMILES string of the molecule is CN(C)c1ccc2nnc(C3CCN(Cc4cc5n(n4)CCC5)CC3)n2n1. The van der Waals surface area contributed by atoms with Gasteiger partial charge in [0.2, 0.25) is 0 Å². The van der Waals surface area contributed by atoms with Crippen molar-refractivity contribution in [2.24, 2.45) is 0 Å². The Bertz CT molecular complexity index is 926. The largest absolute Gasteiger partial charge is 0.361 e. The van der Waals surface area contributed by atoms with Crippen LogP contribution in [0.2, 0.25) is 0 Å². The fourth-order valence-electron chi connectivity index (χ4n) is 4.26. The number of aromatic nitrogens is 6. The molecule has 1 fully saturated rings. The minimum atomic E-state index is 0.410. The molecule has 0 saturated carbocycles. The van der Waals surface area contributed by atoms with E-state index in [1.165, 1.54) is 24.2 Å². The van der Waals surface area contributed by atoms with Crippen LogP contribution in [0.4, 0.5) is 5.82 Å². The number of aryl methyl sites for hydroxylation is 2. The molecular formula is C19H26N8. The topological polar surface area (TPSA) is 67.4 Å². The highest BCUT2D eigenvalue weighted by Gasteiger charge is 2.26. The number of likely N-dealkylation sites (tertiary alicyclic amines) is 1. The number of piperidine rings is 1. The molecule has 8 heteroatoms. The number of hydrogen-bond acceptors (Lipinski definition) is 6. The third-order valence-electron chi connectivity index (χ3n) is 5.79. The molecule has 8 nitrogen and oxygen atoms in total. The van der Waals surface area contributed by atoms with Crippen molar-refractivity contribution in [1.82, 2.24) is 34.5 Å². The lowest BCUT2D eigenvalue weighted by molar-refractivity contribution is 0.198. The third-order valence-corrected chi connectivity index (χ3v) is 5.79. The van der Waals surface area contributed by atoms with E-state index in [-0.39, 0.29) is 0 Å². The summed E-state index contributed by atoms with van der Waals surface area (Å²) in [6, 6.07) is 6.27. The van der Waals surface area contributed by atoms with Gasteiger partial charge in [-0.15, -0.1) is 15.3 Å². The van der Waals surface area contributed by atoms with Crippen LogP contribution in [-0.2, 0) is 19.5 Å². The monoisotopic (exact) mass is 366 g/mol. The van der Waals surface area contributed by atoms with Crippen molar-refractivity contribution in [3.63, 3.8) is 0 Å². The first-order chi connectivity index (χ1) is 13.2. The van der Waals surface area contributed by atoms with E-state index in [0.29, 0.717) is 5.92 Å². The second-order valence-electron chi connectivity index (χ2n) is 7.92. The molecule has 0 bridgehead atoms. The molecule has 3 aromatic heterocycles. The molecule has 0 radical (unpaired) electrons. The van der Waals surface area contributed by atoms with Gasteiger partial charge in [0.1, 0.15) is 5.82 Å². The fraction of sp³-hybridized carbons (Fsp3) is 0.579. The molecule has 27 heavy (non-hydrogen) atoms. The first kappa shape index (κ1) is 16.7. The molecule has 142 valence electrons. The lowest BCUT2D eigenvalue weighted by atomic mass is 9.96. The molecule has 2 aliphatic rings. The molecule has 0 aliphatic carbocycles. The Kier molecular flexibility index (Phi) is 4.07. The molecule has 0 N–H and O–H groups in total. The van der Waals surface area contributed by atoms with Crippen LogP contribution in [0.15, 0.2) is 18.2 Å². The number of fused-ring (bicyclic) bond motifs is 2. The van der Waals surface area contributed by atoms with Crippen LogP contribution in [0.1, 0.15) is 42.4 Å². The van der Waals surface area contributed by atoms with Crippen LogP contribution in [0.5, 0.6) is 0 Å². The van der Waals surface area contributed by atoms with E-state index in [9.17, 15) is 0 Å². The summed E-state index contributed by atoms with van der Waals surface area (Å²) in [6.45, 7) is 4.17. The highest BCUT2D eigenvalue weighted by atomic mass is 15.4. The van der Waals surface area contributed by atoms with Crippen molar-refractivity contribution in [2.45, 2.75) is 44.7 Å². The standard InChI is InChI=1S/C19H26N8/c1-24(2)18-6-5-17-20-21-19(27(17)23-18)14-7-10-25(11-8-14)13-15-12-16-4-3-9-26(16)22-15/h5-6,12,14H,3-4,7-11,13H2,1-2H3. The van der Waals surface area contributed by atoms with E-state index in [4.69, 9.17) is 10.2 Å². The molecule has 5 rings (SSSR count). The van der Waals surface area contributed by atoms with Gasteiger partial charge in [0.15, 0.2) is 11.5 Å². The maximum atomic E-state index is 4.75. The Morgan fingerprint density at radius 3 is 2.70 bits per heavy atom. The Morgan fingerprint density at radius 1 is 1.07 bits per heavy atom. The quantitative estimate of drug-likeness (QED) is 0.700. The molecule has 1 saturated heterocycles. The van der Waals surface area contributed by atoms with E-state index < -0.39 is 0 Å². The highest BCUT2D eigenvalue weighted by molar-refractivity contribution is 5.45. The zero-order valence-electron chi connectivity index (χ0n) is 16.0. The first-order valence-corrected chi connectivity index (χ1v) is 9.85. The lowest BCUT2D eigenvalue weighted by Crippen LogP contribution is -2.33. The number of rotatable bonds is 4. The molecular weight excluding hydrogens is 340 g/mol. The molecule has 0 spiro atoms. The maximum Gasteiger partial charge on any atom is 0.178 e. The fourth-order valence-corrected chi connectivity index (χ4v) is 4.26. The molecule has 0 amide bonds. The summed E-state index contributed by atoms with van der Waals surface area (Å²) in [5, 5.41) is 18.2. The summed E-state index contributed by atoms with van der Waals surface area (Å²) in [7, 11) is 4.00. The van der Waals surface area contributed by atoms with Crippen molar-refractivity contribution >= 4 is 11.5 Å². The molecule has 5 heterocycles. The van der Waals surface area contributed by atoms with Gasteiger partial charge in [-0.1, -0.05) is 0 Å². The molecule has 0 aromatic carbocycles. The normalized spacial score (nSPS) is 18.3. The smallest absolute Gasteiger partial charge is 0.178 e. The average Bonchev–Trinajstić information content (AvgIpc) is 3.36. The van der Waals surface area contributed by atoms with Gasteiger partial charge in [0.05, 0.1) is 5.69 Å². The summed E-state index contributed by atoms with van der Waals surface area (Å²) in [6.07, 6.45) is 4.59. The van der Waals surface area contributed by atoms with Gasteiger partial charge in [-0.25, -0.2) is 0 Å². The van der Waals surface area contributed by atoms with Crippen molar-refractivity contribution in [2.75, 3.05) is 32.1 Å². The van der Waals surface area contributed by atoms with Gasteiger partial charge in [-0.05, 0) is 57.0 Å². The molecule has 0 atom stereocenters. The van der Waals surface area contributed by atoms with Crippen LogP contribution in [0.25, 0.3) is 5.65 Å². The van der Waals surface area contributed by atoms with Crippen LogP contribution in [0.3, 0.4) is 0 Å². The van der Waals surface area contributed by atoms with E-state index in [1.54, 1.807) is 0 Å². The second-order valence-corrected chi connectivity index (χ2v) is 7.92. The van der Waals surface area contributed by atoms with Gasteiger partial charge in [-0.2, -0.15) is 9.61 Å². The van der Waals surface area contributed by atoms with E-state index in [1.807, 2.05) is 35.6 Å². The zero-order chi connectivity index (χ0) is 18.4. The van der Waals surface area contributed by atoms with Crippen LogP contribution in [0, 0.1) is 0 Å². The summed E-state index contributed by atoms with van der Waals surface area (Å²) in [4.78, 5) is 4.52. The third kappa shape index (κ3) is 3.07.